The van der Waals surface area contributed by atoms with Crippen LogP contribution in [0.1, 0.15) is 45.5 Å². The summed E-state index contributed by atoms with van der Waals surface area (Å²) >= 11 is 0. The molecular weight excluding hydrogens is 294 g/mol. The molecule has 0 aromatic carbocycles. The average molecular weight is 311 g/mol. The number of terminal acetylenes is 1. The number of nitrogens with one attached hydrogen (secondary N) is 2. The van der Waals surface area contributed by atoms with Gasteiger partial charge in [0, 0.05) is 44.7 Å². The summed E-state index contributed by atoms with van der Waals surface area (Å²) in [7, 11) is 0. The summed E-state index contributed by atoms with van der Waals surface area (Å²) in [6, 6.07) is 0. The largest absolute Gasteiger partial charge is 0.352 e. The number of rotatable bonds is 6. The van der Waals surface area contributed by atoms with Crippen molar-refractivity contribution in [3.05, 3.63) is 29.1 Å². The van der Waals surface area contributed by atoms with Crippen LogP contribution in [-0.4, -0.2) is 35.6 Å². The summed E-state index contributed by atoms with van der Waals surface area (Å²) in [5.41, 5.74) is 1.28. The van der Waals surface area contributed by atoms with Crippen molar-refractivity contribution in [2.24, 2.45) is 10.2 Å². The number of pyridine rings is 1. The average Bonchev–Trinajstić information content (AvgIpc) is 3.33. The van der Waals surface area contributed by atoms with Crippen LogP contribution in [0, 0.1) is 12.3 Å². The zero-order chi connectivity index (χ0) is 16.3. The van der Waals surface area contributed by atoms with Crippen molar-refractivity contribution in [3.63, 3.8) is 0 Å². The fourth-order valence-electron chi connectivity index (χ4n) is 2.68. The molecule has 0 atom stereocenters. The summed E-state index contributed by atoms with van der Waals surface area (Å²) in [6.45, 7) is 0.982. The van der Waals surface area contributed by atoms with E-state index >= 15 is 0 Å². The number of hydrogen-bond donors (Lipinski definition) is 2. The van der Waals surface area contributed by atoms with Gasteiger partial charge >= 0.3 is 0 Å². The third-order valence-corrected chi connectivity index (χ3v) is 4.07. The number of nitrogens with zero attached hydrogens (tertiary/aromatic N) is 3. The van der Waals surface area contributed by atoms with Crippen LogP contribution in [0.2, 0.25) is 0 Å². The monoisotopic (exact) mass is 311 g/mol. The summed E-state index contributed by atoms with van der Waals surface area (Å²) in [5.74, 6) is 2.17. The molecule has 0 saturated carbocycles. The van der Waals surface area contributed by atoms with Gasteiger partial charge in [0.05, 0.1) is 11.1 Å². The van der Waals surface area contributed by atoms with Crippen LogP contribution in [0.5, 0.6) is 0 Å². The van der Waals surface area contributed by atoms with Gasteiger partial charge in [0.25, 0.3) is 11.8 Å². The Morgan fingerprint density at radius 3 is 2.96 bits per heavy atom. The molecule has 3 heterocycles. The minimum atomic E-state index is -0.409. The van der Waals surface area contributed by atoms with Gasteiger partial charge in [-0.15, -0.1) is 12.3 Å². The number of aromatic nitrogens is 1. The summed E-state index contributed by atoms with van der Waals surface area (Å²) in [5, 5.41) is 13.7. The quantitative estimate of drug-likeness (QED) is 0.769. The molecule has 3 rings (SSSR count). The van der Waals surface area contributed by atoms with Crippen molar-refractivity contribution in [2.45, 2.75) is 31.3 Å². The SMILES string of the molecule is C#CCCC1(CCNC(=O)c2cncc3c2CCNC3=O)N=N1. The molecule has 7 nitrogen and oxygen atoms in total. The van der Waals surface area contributed by atoms with Crippen molar-refractivity contribution in [1.82, 2.24) is 15.6 Å². The van der Waals surface area contributed by atoms with Gasteiger partial charge < -0.3 is 10.6 Å². The van der Waals surface area contributed by atoms with E-state index in [1.807, 2.05) is 0 Å². The molecule has 0 unspecified atom stereocenters. The Kier molecular flexibility index (Phi) is 4.06. The molecule has 0 fully saturated rings. The second-order valence-electron chi connectivity index (χ2n) is 5.61. The van der Waals surface area contributed by atoms with Gasteiger partial charge in [0.1, 0.15) is 0 Å². The molecule has 118 valence electrons. The smallest absolute Gasteiger partial charge is 0.253 e. The van der Waals surface area contributed by atoms with Crippen LogP contribution in [0.4, 0.5) is 0 Å². The van der Waals surface area contributed by atoms with Crippen molar-refractivity contribution in [1.29, 1.82) is 0 Å². The maximum atomic E-state index is 12.4. The number of fused-ring (bicyclic) bond motifs is 1. The van der Waals surface area contributed by atoms with Crippen molar-refractivity contribution in [2.75, 3.05) is 13.1 Å². The van der Waals surface area contributed by atoms with E-state index in [0.29, 0.717) is 49.9 Å². The fraction of sp³-hybridized carbons (Fsp3) is 0.438. The lowest BCUT2D eigenvalue weighted by Crippen LogP contribution is -2.35. The fourth-order valence-corrected chi connectivity index (χ4v) is 2.68. The molecular formula is C16H17N5O2. The zero-order valence-electron chi connectivity index (χ0n) is 12.6. The second-order valence-corrected chi connectivity index (χ2v) is 5.61. The standard InChI is InChI=1S/C16H17N5O2/c1-2-3-5-16(20-21-16)6-8-19-15(23)13-10-17-9-12-11(13)4-7-18-14(12)22/h1,9-10H,3-8H2,(H,18,22)(H,19,23). The van der Waals surface area contributed by atoms with Crippen LogP contribution in [0.15, 0.2) is 22.6 Å². The van der Waals surface area contributed by atoms with Crippen LogP contribution in [0.3, 0.4) is 0 Å². The third-order valence-electron chi connectivity index (χ3n) is 4.07. The zero-order valence-corrected chi connectivity index (χ0v) is 12.6. The van der Waals surface area contributed by atoms with Gasteiger partial charge in [-0.05, 0) is 12.0 Å². The predicted molar refractivity (Wildman–Crippen MR) is 82.9 cm³/mol. The Morgan fingerprint density at radius 1 is 1.39 bits per heavy atom. The lowest BCUT2D eigenvalue weighted by molar-refractivity contribution is 0.0943. The molecule has 2 N–H and O–H groups in total. The maximum Gasteiger partial charge on any atom is 0.253 e. The Morgan fingerprint density at radius 2 is 2.22 bits per heavy atom. The van der Waals surface area contributed by atoms with Crippen molar-refractivity contribution in [3.8, 4) is 12.3 Å². The Bertz CT molecular complexity index is 714. The van der Waals surface area contributed by atoms with Gasteiger partial charge in [0.15, 0.2) is 5.66 Å². The first-order chi connectivity index (χ1) is 11.2. The van der Waals surface area contributed by atoms with Crippen molar-refractivity contribution >= 4 is 11.8 Å². The minimum Gasteiger partial charge on any atom is -0.352 e. The summed E-state index contributed by atoms with van der Waals surface area (Å²) in [6.07, 6.45) is 10.8. The van der Waals surface area contributed by atoms with E-state index in [1.165, 1.54) is 12.4 Å². The predicted octanol–water partition coefficient (Wildman–Crippen LogP) is 1.06. The molecule has 2 amide bonds. The van der Waals surface area contributed by atoms with Gasteiger partial charge in [-0.2, -0.15) is 10.2 Å². The first-order valence-electron chi connectivity index (χ1n) is 7.56. The maximum absolute atomic E-state index is 12.4. The lowest BCUT2D eigenvalue weighted by atomic mass is 9.97. The molecule has 23 heavy (non-hydrogen) atoms. The molecule has 0 radical (unpaired) electrons. The summed E-state index contributed by atoms with van der Waals surface area (Å²) in [4.78, 5) is 28.2. The molecule has 2 aliphatic rings. The van der Waals surface area contributed by atoms with E-state index in [-0.39, 0.29) is 11.8 Å². The van der Waals surface area contributed by atoms with Crippen LogP contribution in [-0.2, 0) is 6.42 Å². The van der Waals surface area contributed by atoms with Gasteiger partial charge in [-0.3, -0.25) is 14.6 Å². The summed E-state index contributed by atoms with van der Waals surface area (Å²) < 4.78 is 0. The highest BCUT2D eigenvalue weighted by molar-refractivity contribution is 6.02. The van der Waals surface area contributed by atoms with Crippen LogP contribution < -0.4 is 10.6 Å². The van der Waals surface area contributed by atoms with E-state index in [9.17, 15) is 9.59 Å². The molecule has 1 aromatic rings. The lowest BCUT2D eigenvalue weighted by Gasteiger charge is -2.18. The number of amides is 2. The highest BCUT2D eigenvalue weighted by Crippen LogP contribution is 2.36. The van der Waals surface area contributed by atoms with Gasteiger partial charge in [-0.1, -0.05) is 0 Å². The molecule has 0 bridgehead atoms. The number of carbonyl (C=O) groups excluding carboxylic acids is 2. The first-order valence-corrected chi connectivity index (χ1v) is 7.56. The van der Waals surface area contributed by atoms with Crippen molar-refractivity contribution < 1.29 is 9.59 Å². The Balaban J connectivity index is 1.60. The van der Waals surface area contributed by atoms with E-state index in [2.05, 4.69) is 31.8 Å². The minimum absolute atomic E-state index is 0.183. The molecule has 0 aliphatic carbocycles. The molecule has 0 saturated heterocycles. The molecule has 2 aliphatic heterocycles. The van der Waals surface area contributed by atoms with E-state index in [1.54, 1.807) is 0 Å². The molecule has 0 spiro atoms. The first kappa shape index (κ1) is 15.2. The number of carbonyl (C=O) groups is 2. The van der Waals surface area contributed by atoms with Gasteiger partial charge in [-0.25, -0.2) is 0 Å². The van der Waals surface area contributed by atoms with Crippen LogP contribution >= 0.6 is 0 Å². The van der Waals surface area contributed by atoms with Gasteiger partial charge in [0.2, 0.25) is 0 Å². The van der Waals surface area contributed by atoms with E-state index in [0.717, 1.165) is 5.56 Å². The van der Waals surface area contributed by atoms with E-state index in [4.69, 9.17) is 6.42 Å². The Labute approximate surface area is 134 Å². The van der Waals surface area contributed by atoms with E-state index < -0.39 is 5.66 Å². The topological polar surface area (TPSA) is 95.8 Å². The normalized spacial score (nSPS) is 16.9. The molecule has 1 aromatic heterocycles. The number of hydrogen-bond acceptors (Lipinski definition) is 5. The highest BCUT2D eigenvalue weighted by atomic mass is 16.2. The Hall–Kier alpha value is -2.75. The van der Waals surface area contributed by atoms with Crippen LogP contribution in [0.25, 0.3) is 0 Å². The second kappa shape index (κ2) is 6.16. The molecule has 7 heteroatoms. The highest BCUT2D eigenvalue weighted by Gasteiger charge is 2.38. The third kappa shape index (κ3) is 3.21.